The summed E-state index contributed by atoms with van der Waals surface area (Å²) >= 11 is 0. The van der Waals surface area contributed by atoms with Gasteiger partial charge in [-0.25, -0.2) is 4.79 Å². The molecule has 1 aromatic rings. The largest absolute Gasteiger partial charge is 0.482 e. The first-order valence-corrected chi connectivity index (χ1v) is 5.45. The van der Waals surface area contributed by atoms with E-state index in [-0.39, 0.29) is 12.6 Å². The Balaban J connectivity index is 1.93. The first-order valence-electron chi connectivity index (χ1n) is 5.45. The highest BCUT2D eigenvalue weighted by Crippen LogP contribution is 2.26. The molecule has 4 nitrogen and oxygen atoms in total. The molecule has 0 amide bonds. The highest BCUT2D eigenvalue weighted by Gasteiger charge is 2.11. The first kappa shape index (κ1) is 10.8. The van der Waals surface area contributed by atoms with Crippen molar-refractivity contribution in [2.75, 3.05) is 25.1 Å². The molecule has 0 fully saturated rings. The number of benzene rings is 1. The average Bonchev–Trinajstić information content (AvgIpc) is 2.74. The van der Waals surface area contributed by atoms with E-state index in [4.69, 9.17) is 9.47 Å². The molecule has 1 aromatic carbocycles. The third-order valence-corrected chi connectivity index (χ3v) is 2.45. The Hall–Kier alpha value is -1.71. The summed E-state index contributed by atoms with van der Waals surface area (Å²) in [5.74, 6) is 0.358. The summed E-state index contributed by atoms with van der Waals surface area (Å²) in [7, 11) is 0. The number of hydrogen-bond acceptors (Lipinski definition) is 4. The third kappa shape index (κ3) is 2.45. The van der Waals surface area contributed by atoms with Crippen LogP contribution in [-0.4, -0.2) is 25.7 Å². The van der Waals surface area contributed by atoms with Crippen molar-refractivity contribution in [3.63, 3.8) is 0 Å². The predicted molar refractivity (Wildman–Crippen MR) is 60.8 cm³/mol. The fraction of sp³-hybridized carbons (Fsp3) is 0.417. The van der Waals surface area contributed by atoms with Gasteiger partial charge in [-0.1, -0.05) is 6.07 Å². The van der Waals surface area contributed by atoms with Gasteiger partial charge in [0.1, 0.15) is 5.75 Å². The van der Waals surface area contributed by atoms with E-state index >= 15 is 0 Å². The number of esters is 1. The van der Waals surface area contributed by atoms with E-state index in [9.17, 15) is 4.79 Å². The topological polar surface area (TPSA) is 47.6 Å². The maximum Gasteiger partial charge on any atom is 0.344 e. The molecule has 0 unspecified atom stereocenters. The van der Waals surface area contributed by atoms with Gasteiger partial charge in [-0.2, -0.15) is 0 Å². The van der Waals surface area contributed by atoms with Crippen molar-refractivity contribution in [2.24, 2.45) is 0 Å². The normalized spacial score (nSPS) is 12.8. The maximum absolute atomic E-state index is 11.1. The van der Waals surface area contributed by atoms with Gasteiger partial charge >= 0.3 is 5.97 Å². The smallest absolute Gasteiger partial charge is 0.344 e. The Bertz CT molecular complexity index is 390. The van der Waals surface area contributed by atoms with Crippen LogP contribution in [0.25, 0.3) is 0 Å². The first-order chi connectivity index (χ1) is 7.79. The summed E-state index contributed by atoms with van der Waals surface area (Å²) in [6, 6.07) is 5.82. The summed E-state index contributed by atoms with van der Waals surface area (Å²) in [6.07, 6.45) is 1.05. The van der Waals surface area contributed by atoms with Crippen molar-refractivity contribution < 1.29 is 14.3 Å². The molecular weight excluding hydrogens is 206 g/mol. The number of ether oxygens (including phenoxy) is 2. The van der Waals surface area contributed by atoms with Crippen LogP contribution in [0, 0.1) is 0 Å². The van der Waals surface area contributed by atoms with E-state index < -0.39 is 0 Å². The molecule has 4 heteroatoms. The summed E-state index contributed by atoms with van der Waals surface area (Å²) < 4.78 is 10.1. The van der Waals surface area contributed by atoms with Crippen molar-refractivity contribution in [2.45, 2.75) is 13.3 Å². The van der Waals surface area contributed by atoms with Gasteiger partial charge in [0.2, 0.25) is 0 Å². The molecule has 0 saturated carbocycles. The minimum atomic E-state index is -0.337. The van der Waals surface area contributed by atoms with Crippen molar-refractivity contribution in [3.05, 3.63) is 23.8 Å². The average molecular weight is 221 g/mol. The zero-order chi connectivity index (χ0) is 11.4. The maximum atomic E-state index is 11.1. The molecule has 0 radical (unpaired) electrons. The Kier molecular flexibility index (Phi) is 3.29. The van der Waals surface area contributed by atoms with Gasteiger partial charge < -0.3 is 14.8 Å². The van der Waals surface area contributed by atoms with E-state index in [1.807, 2.05) is 18.2 Å². The van der Waals surface area contributed by atoms with Crippen molar-refractivity contribution in [1.82, 2.24) is 0 Å². The number of anilines is 1. The molecule has 0 atom stereocenters. The van der Waals surface area contributed by atoms with Crippen LogP contribution >= 0.6 is 0 Å². The Labute approximate surface area is 94.6 Å². The van der Waals surface area contributed by atoms with Crippen LogP contribution in [0.3, 0.4) is 0 Å². The number of hydrogen-bond donors (Lipinski definition) is 1. The molecule has 2 rings (SSSR count). The monoisotopic (exact) mass is 221 g/mol. The minimum Gasteiger partial charge on any atom is -0.482 e. The summed E-state index contributed by atoms with van der Waals surface area (Å²) in [6.45, 7) is 3.09. The van der Waals surface area contributed by atoms with Crippen LogP contribution in [0.15, 0.2) is 18.2 Å². The summed E-state index contributed by atoms with van der Waals surface area (Å²) in [5, 5.41) is 3.26. The number of rotatable bonds is 4. The van der Waals surface area contributed by atoms with Gasteiger partial charge in [0.25, 0.3) is 0 Å². The SMILES string of the molecule is CCOC(=O)COc1ccc2c(c1)NCC2. The summed E-state index contributed by atoms with van der Waals surface area (Å²) in [5.41, 5.74) is 2.39. The van der Waals surface area contributed by atoms with Crippen LogP contribution in [0.4, 0.5) is 5.69 Å². The van der Waals surface area contributed by atoms with Crippen LogP contribution in [0.2, 0.25) is 0 Å². The Morgan fingerprint density at radius 1 is 1.50 bits per heavy atom. The van der Waals surface area contributed by atoms with Crippen molar-refractivity contribution in [3.8, 4) is 5.75 Å². The lowest BCUT2D eigenvalue weighted by Crippen LogP contribution is -2.14. The fourth-order valence-corrected chi connectivity index (χ4v) is 1.70. The lowest BCUT2D eigenvalue weighted by Gasteiger charge is -2.07. The second kappa shape index (κ2) is 4.88. The van der Waals surface area contributed by atoms with Gasteiger partial charge in [-0.15, -0.1) is 0 Å². The second-order valence-corrected chi connectivity index (χ2v) is 3.59. The molecular formula is C12H15NO3. The molecule has 1 N–H and O–H groups in total. The number of fused-ring (bicyclic) bond motifs is 1. The predicted octanol–water partition coefficient (Wildman–Crippen LogP) is 1.60. The lowest BCUT2D eigenvalue weighted by molar-refractivity contribution is -0.145. The molecule has 0 aliphatic carbocycles. The van der Waals surface area contributed by atoms with Gasteiger partial charge in [-0.05, 0) is 25.0 Å². The van der Waals surface area contributed by atoms with E-state index in [1.54, 1.807) is 6.92 Å². The van der Waals surface area contributed by atoms with Gasteiger partial charge in [0.05, 0.1) is 6.61 Å². The zero-order valence-electron chi connectivity index (χ0n) is 9.29. The standard InChI is InChI=1S/C12H15NO3/c1-2-15-12(14)8-16-10-4-3-9-5-6-13-11(9)7-10/h3-4,7,13H,2,5-6,8H2,1H3. The zero-order valence-corrected chi connectivity index (χ0v) is 9.29. The number of nitrogens with one attached hydrogen (secondary N) is 1. The minimum absolute atomic E-state index is 0.0351. The van der Waals surface area contributed by atoms with E-state index in [2.05, 4.69) is 5.32 Å². The lowest BCUT2D eigenvalue weighted by atomic mass is 10.1. The van der Waals surface area contributed by atoms with Gasteiger partial charge in [0, 0.05) is 18.3 Å². The summed E-state index contributed by atoms with van der Waals surface area (Å²) in [4.78, 5) is 11.1. The molecule has 0 saturated heterocycles. The van der Waals surface area contributed by atoms with Crippen LogP contribution in [0.5, 0.6) is 5.75 Å². The Morgan fingerprint density at radius 3 is 3.19 bits per heavy atom. The number of carbonyl (C=O) groups is 1. The number of carbonyl (C=O) groups excluding carboxylic acids is 1. The van der Waals surface area contributed by atoms with Crippen molar-refractivity contribution in [1.29, 1.82) is 0 Å². The van der Waals surface area contributed by atoms with E-state index in [0.29, 0.717) is 12.4 Å². The Morgan fingerprint density at radius 2 is 2.38 bits per heavy atom. The molecule has 0 aromatic heterocycles. The molecule has 1 aliphatic heterocycles. The quantitative estimate of drug-likeness (QED) is 0.784. The van der Waals surface area contributed by atoms with Crippen LogP contribution in [-0.2, 0) is 16.0 Å². The van der Waals surface area contributed by atoms with Crippen LogP contribution in [0.1, 0.15) is 12.5 Å². The molecule has 1 aliphatic rings. The molecule has 0 spiro atoms. The van der Waals surface area contributed by atoms with Gasteiger partial charge in [-0.3, -0.25) is 0 Å². The fourth-order valence-electron chi connectivity index (χ4n) is 1.70. The second-order valence-electron chi connectivity index (χ2n) is 3.59. The van der Waals surface area contributed by atoms with Crippen LogP contribution < -0.4 is 10.1 Å². The highest BCUT2D eigenvalue weighted by atomic mass is 16.6. The van der Waals surface area contributed by atoms with Crippen molar-refractivity contribution >= 4 is 11.7 Å². The van der Waals surface area contributed by atoms with E-state index in [0.717, 1.165) is 18.7 Å². The van der Waals surface area contributed by atoms with E-state index in [1.165, 1.54) is 5.56 Å². The third-order valence-electron chi connectivity index (χ3n) is 2.45. The molecule has 0 bridgehead atoms. The molecule has 1 heterocycles. The van der Waals surface area contributed by atoms with Gasteiger partial charge in [0.15, 0.2) is 6.61 Å². The molecule has 86 valence electrons. The highest BCUT2D eigenvalue weighted by molar-refractivity contribution is 5.71. The molecule has 16 heavy (non-hydrogen) atoms.